The van der Waals surface area contributed by atoms with E-state index in [4.69, 9.17) is 37.5 Å². The van der Waals surface area contributed by atoms with Crippen molar-refractivity contribution in [2.75, 3.05) is 20.3 Å². The van der Waals surface area contributed by atoms with Crippen LogP contribution in [0.3, 0.4) is 0 Å². The third-order valence-corrected chi connectivity index (χ3v) is 6.25. The third-order valence-electron chi connectivity index (χ3n) is 5.96. The number of nitrogens with two attached hydrogens (primary N) is 2. The van der Waals surface area contributed by atoms with E-state index >= 15 is 0 Å². The summed E-state index contributed by atoms with van der Waals surface area (Å²) < 4.78 is 24.4. The second-order valence-electron chi connectivity index (χ2n) is 10.2. The SMILES string of the molecule is COc1cc(C(=O)NCC(C)(C)c2cc(C(C)(C)N)cc(-c3ccc(F)c(Cl)c3)n2)ccc1OCC(N)=O. The van der Waals surface area contributed by atoms with Crippen molar-refractivity contribution in [2.45, 2.75) is 38.6 Å². The number of primary amides is 1. The maximum absolute atomic E-state index is 13.8. The molecule has 3 aromatic rings. The highest BCUT2D eigenvalue weighted by Crippen LogP contribution is 2.32. The molecule has 0 atom stereocenters. The van der Waals surface area contributed by atoms with Crippen LogP contribution in [0.2, 0.25) is 5.02 Å². The van der Waals surface area contributed by atoms with Crippen LogP contribution in [-0.2, 0) is 15.7 Å². The molecule has 0 aliphatic heterocycles. The Morgan fingerprint density at radius 2 is 1.76 bits per heavy atom. The number of hydrogen-bond acceptors (Lipinski definition) is 6. The predicted molar refractivity (Wildman–Crippen MR) is 145 cm³/mol. The first-order valence-corrected chi connectivity index (χ1v) is 12.2. The van der Waals surface area contributed by atoms with Gasteiger partial charge in [0.05, 0.1) is 17.8 Å². The summed E-state index contributed by atoms with van der Waals surface area (Å²) in [6.45, 7) is 7.60. The molecule has 1 heterocycles. The van der Waals surface area contributed by atoms with E-state index in [9.17, 15) is 14.0 Å². The molecule has 0 radical (unpaired) electrons. The zero-order chi connectivity index (χ0) is 28.3. The van der Waals surface area contributed by atoms with Gasteiger partial charge >= 0.3 is 0 Å². The third kappa shape index (κ3) is 6.99. The van der Waals surface area contributed by atoms with E-state index in [-0.39, 0.29) is 24.1 Å². The van der Waals surface area contributed by atoms with Gasteiger partial charge in [0.2, 0.25) is 0 Å². The minimum atomic E-state index is -0.676. The number of carbonyl (C=O) groups excluding carboxylic acids is 2. The van der Waals surface area contributed by atoms with E-state index in [1.54, 1.807) is 12.1 Å². The molecule has 10 heteroatoms. The molecule has 0 aliphatic rings. The van der Waals surface area contributed by atoms with Crippen molar-refractivity contribution in [3.8, 4) is 22.8 Å². The molecule has 0 fully saturated rings. The summed E-state index contributed by atoms with van der Waals surface area (Å²) in [7, 11) is 1.43. The molecule has 0 saturated carbocycles. The maximum Gasteiger partial charge on any atom is 0.255 e. The molecule has 5 N–H and O–H groups in total. The van der Waals surface area contributed by atoms with Gasteiger partial charge in [-0.05, 0) is 67.9 Å². The largest absolute Gasteiger partial charge is 0.493 e. The fourth-order valence-corrected chi connectivity index (χ4v) is 3.80. The van der Waals surface area contributed by atoms with Gasteiger partial charge in [-0.15, -0.1) is 0 Å². The number of nitrogens with one attached hydrogen (secondary N) is 1. The summed E-state index contributed by atoms with van der Waals surface area (Å²) in [5.74, 6) is -0.892. The average molecular weight is 543 g/mol. The normalized spacial score (nSPS) is 11.7. The monoisotopic (exact) mass is 542 g/mol. The van der Waals surface area contributed by atoms with E-state index in [0.717, 1.165) is 5.56 Å². The second kappa shape index (κ2) is 11.4. The summed E-state index contributed by atoms with van der Waals surface area (Å²) in [5, 5.41) is 2.94. The molecule has 202 valence electrons. The van der Waals surface area contributed by atoms with Crippen LogP contribution in [0, 0.1) is 5.82 Å². The first kappa shape index (κ1) is 28.9. The van der Waals surface area contributed by atoms with Gasteiger partial charge in [-0.1, -0.05) is 25.4 Å². The highest BCUT2D eigenvalue weighted by atomic mass is 35.5. The van der Waals surface area contributed by atoms with Crippen molar-refractivity contribution in [3.05, 3.63) is 76.2 Å². The Balaban J connectivity index is 1.87. The molecule has 0 spiro atoms. The van der Waals surface area contributed by atoms with Gasteiger partial charge in [-0.3, -0.25) is 14.6 Å². The fourth-order valence-electron chi connectivity index (χ4n) is 3.62. The number of carbonyl (C=O) groups is 2. The van der Waals surface area contributed by atoms with Crippen molar-refractivity contribution >= 4 is 23.4 Å². The predicted octanol–water partition coefficient (Wildman–Crippen LogP) is 4.32. The number of pyridine rings is 1. The first-order valence-electron chi connectivity index (χ1n) is 11.9. The lowest BCUT2D eigenvalue weighted by atomic mass is 9.84. The Labute approximate surface area is 226 Å². The van der Waals surface area contributed by atoms with Gasteiger partial charge in [0, 0.05) is 34.3 Å². The number of ether oxygens (including phenoxy) is 2. The van der Waals surface area contributed by atoms with E-state index in [2.05, 4.69) is 5.32 Å². The standard InChI is InChI=1S/C28H32ClFN4O4/c1-27(2,15-33-26(36)17-7-9-22(23(11-17)37-5)38-14-25(31)35)24-13-18(28(3,4)32)12-21(34-24)16-6-8-20(30)19(29)10-16/h6-13H,14-15,32H2,1-5H3,(H2,31,35)(H,33,36). The Kier molecular flexibility index (Phi) is 8.64. The summed E-state index contributed by atoms with van der Waals surface area (Å²) in [6.07, 6.45) is 0. The smallest absolute Gasteiger partial charge is 0.255 e. The van der Waals surface area contributed by atoms with Gasteiger partial charge in [0.25, 0.3) is 11.8 Å². The van der Waals surface area contributed by atoms with Crippen molar-refractivity contribution in [1.29, 1.82) is 0 Å². The molecule has 0 saturated heterocycles. The number of amides is 2. The molecule has 0 unspecified atom stereocenters. The Hall–Kier alpha value is -3.69. The summed E-state index contributed by atoms with van der Waals surface area (Å²) >= 11 is 6.02. The summed E-state index contributed by atoms with van der Waals surface area (Å²) in [4.78, 5) is 28.8. The van der Waals surface area contributed by atoms with Crippen molar-refractivity contribution in [2.24, 2.45) is 11.5 Å². The van der Waals surface area contributed by atoms with E-state index in [1.807, 2.05) is 39.8 Å². The van der Waals surface area contributed by atoms with Gasteiger partial charge in [0.1, 0.15) is 5.82 Å². The van der Waals surface area contributed by atoms with Crippen molar-refractivity contribution < 1.29 is 23.5 Å². The molecule has 38 heavy (non-hydrogen) atoms. The maximum atomic E-state index is 13.8. The Morgan fingerprint density at radius 1 is 1.05 bits per heavy atom. The van der Waals surface area contributed by atoms with E-state index in [1.165, 1.54) is 31.4 Å². The Bertz CT molecular complexity index is 1360. The molecule has 0 bridgehead atoms. The molecule has 2 amide bonds. The first-order chi connectivity index (χ1) is 17.7. The highest BCUT2D eigenvalue weighted by Gasteiger charge is 2.27. The summed E-state index contributed by atoms with van der Waals surface area (Å²) in [5.41, 5.74) is 13.4. The van der Waals surface area contributed by atoms with Gasteiger partial charge < -0.3 is 26.3 Å². The van der Waals surface area contributed by atoms with E-state index < -0.39 is 22.7 Å². The van der Waals surface area contributed by atoms with Crippen LogP contribution < -0.4 is 26.3 Å². The molecule has 0 aliphatic carbocycles. The van der Waals surface area contributed by atoms with Gasteiger partial charge in [-0.2, -0.15) is 0 Å². The number of methoxy groups -OCH3 is 1. The molecular formula is C28H32ClFN4O4. The molecule has 3 rings (SSSR count). The average Bonchev–Trinajstić information content (AvgIpc) is 2.86. The lowest BCUT2D eigenvalue weighted by Crippen LogP contribution is -2.38. The minimum Gasteiger partial charge on any atom is -0.493 e. The van der Waals surface area contributed by atoms with E-state index in [0.29, 0.717) is 34.0 Å². The van der Waals surface area contributed by atoms with Crippen LogP contribution in [0.25, 0.3) is 11.3 Å². The quantitative estimate of drug-likeness (QED) is 0.350. The van der Waals surface area contributed by atoms with Crippen LogP contribution in [-0.4, -0.2) is 37.1 Å². The second-order valence-corrected chi connectivity index (χ2v) is 10.6. The molecular weight excluding hydrogens is 511 g/mol. The Morgan fingerprint density at radius 3 is 2.37 bits per heavy atom. The molecule has 8 nitrogen and oxygen atoms in total. The lowest BCUT2D eigenvalue weighted by Gasteiger charge is -2.28. The van der Waals surface area contributed by atoms with Crippen molar-refractivity contribution in [1.82, 2.24) is 10.3 Å². The van der Waals surface area contributed by atoms with Gasteiger partial charge in [-0.25, -0.2) is 4.39 Å². The number of rotatable bonds is 10. The number of halogens is 2. The number of hydrogen-bond donors (Lipinski definition) is 3. The van der Waals surface area contributed by atoms with Gasteiger partial charge in [0.15, 0.2) is 18.1 Å². The van der Waals surface area contributed by atoms with Crippen molar-refractivity contribution in [3.63, 3.8) is 0 Å². The zero-order valence-electron chi connectivity index (χ0n) is 22.0. The lowest BCUT2D eigenvalue weighted by molar-refractivity contribution is -0.119. The molecule has 1 aromatic heterocycles. The van der Waals surface area contributed by atoms with Crippen LogP contribution in [0.5, 0.6) is 11.5 Å². The zero-order valence-corrected chi connectivity index (χ0v) is 22.8. The topological polar surface area (TPSA) is 130 Å². The molecule has 2 aromatic carbocycles. The van der Waals surface area contributed by atoms with Crippen LogP contribution in [0.15, 0.2) is 48.5 Å². The highest BCUT2D eigenvalue weighted by molar-refractivity contribution is 6.31. The fraction of sp³-hybridized carbons (Fsp3) is 0.321. The minimum absolute atomic E-state index is 0.00346. The number of nitrogens with zero attached hydrogens (tertiary/aromatic N) is 1. The number of benzene rings is 2. The van der Waals surface area contributed by atoms with Crippen LogP contribution >= 0.6 is 11.6 Å². The summed E-state index contributed by atoms with van der Waals surface area (Å²) in [6, 6.07) is 12.8. The van der Waals surface area contributed by atoms with Crippen LogP contribution in [0.1, 0.15) is 49.3 Å². The number of aromatic nitrogens is 1. The van der Waals surface area contributed by atoms with Crippen LogP contribution in [0.4, 0.5) is 4.39 Å².